The van der Waals surface area contributed by atoms with Crippen LogP contribution in [0.15, 0.2) is 47.4 Å². The van der Waals surface area contributed by atoms with Crippen molar-refractivity contribution in [1.29, 1.82) is 0 Å². The van der Waals surface area contributed by atoms with Crippen molar-refractivity contribution in [2.75, 3.05) is 20.0 Å². The van der Waals surface area contributed by atoms with Crippen LogP contribution >= 0.6 is 11.8 Å². The Morgan fingerprint density at radius 1 is 1.19 bits per heavy atom. The van der Waals surface area contributed by atoms with Crippen LogP contribution in [0.25, 0.3) is 10.9 Å². The van der Waals surface area contributed by atoms with Gasteiger partial charge < -0.3 is 19.4 Å². The molecule has 0 radical (unpaired) electrons. The molecule has 0 fully saturated rings. The van der Waals surface area contributed by atoms with Crippen molar-refractivity contribution in [2.24, 2.45) is 0 Å². The van der Waals surface area contributed by atoms with Crippen molar-refractivity contribution in [2.45, 2.75) is 18.0 Å². The van der Waals surface area contributed by atoms with E-state index in [0.29, 0.717) is 23.7 Å². The molecule has 2 heterocycles. The molecule has 1 N–H and O–H groups in total. The summed E-state index contributed by atoms with van der Waals surface area (Å²) in [5.41, 5.74) is 2.74. The lowest BCUT2D eigenvalue weighted by Gasteiger charge is -2.17. The Hall–Kier alpha value is -2.60. The molecule has 1 aromatic heterocycles. The molecule has 5 nitrogen and oxygen atoms in total. The minimum absolute atomic E-state index is 0.0797. The third kappa shape index (κ3) is 2.80. The number of para-hydroxylation sites is 2. The van der Waals surface area contributed by atoms with Crippen LogP contribution in [0.3, 0.4) is 0 Å². The number of carbonyl (C=O) groups is 1. The molecule has 0 atom stereocenters. The first-order chi connectivity index (χ1) is 12.7. The van der Waals surface area contributed by atoms with Crippen LogP contribution in [0.5, 0.6) is 11.5 Å². The van der Waals surface area contributed by atoms with Gasteiger partial charge in [0.15, 0.2) is 11.5 Å². The maximum absolute atomic E-state index is 12.8. The number of aromatic nitrogens is 1. The molecule has 26 heavy (non-hydrogen) atoms. The van der Waals surface area contributed by atoms with Gasteiger partial charge in [0.1, 0.15) is 5.69 Å². The second kappa shape index (κ2) is 6.96. The number of amides is 1. The van der Waals surface area contributed by atoms with Crippen molar-refractivity contribution in [1.82, 2.24) is 9.88 Å². The monoisotopic (exact) mass is 368 g/mol. The maximum Gasteiger partial charge on any atom is 0.268 e. The van der Waals surface area contributed by atoms with Gasteiger partial charge in [-0.05, 0) is 18.2 Å². The number of nitrogens with zero attached hydrogens (tertiary/aromatic N) is 1. The first kappa shape index (κ1) is 16.8. The fourth-order valence-electron chi connectivity index (χ4n) is 3.43. The Morgan fingerprint density at radius 2 is 2.04 bits per heavy atom. The first-order valence-corrected chi connectivity index (χ1v) is 9.44. The summed E-state index contributed by atoms with van der Waals surface area (Å²) in [5.74, 6) is 2.20. The fourth-order valence-corrected chi connectivity index (χ4v) is 4.47. The topological polar surface area (TPSA) is 52.5 Å². The summed E-state index contributed by atoms with van der Waals surface area (Å²) >= 11 is 1.84. The third-order valence-electron chi connectivity index (χ3n) is 4.61. The summed E-state index contributed by atoms with van der Waals surface area (Å²) in [5, 5.41) is 4.13. The molecule has 0 saturated heterocycles. The highest BCUT2D eigenvalue weighted by Gasteiger charge is 2.21. The normalized spacial score (nSPS) is 12.8. The second-order valence-electron chi connectivity index (χ2n) is 6.06. The molecule has 0 spiro atoms. The Kier molecular flexibility index (Phi) is 4.51. The van der Waals surface area contributed by atoms with Crippen molar-refractivity contribution < 1.29 is 14.3 Å². The number of benzene rings is 2. The number of ether oxygens (including phenoxy) is 2. The standard InChI is InChI=1S/C20H20N2O3S/c1-24-16-7-3-6-14(19(16)25-2)12-21-20(23)15-11-13-5-4-8-17-18(13)22(15)9-10-26-17/h3-8,11H,9-10,12H2,1-2H3,(H,21,23). The van der Waals surface area contributed by atoms with Gasteiger partial charge >= 0.3 is 0 Å². The Balaban J connectivity index is 1.61. The molecule has 4 rings (SSSR count). The smallest absolute Gasteiger partial charge is 0.268 e. The molecule has 134 valence electrons. The van der Waals surface area contributed by atoms with E-state index in [4.69, 9.17) is 9.47 Å². The molecule has 6 heteroatoms. The zero-order valence-corrected chi connectivity index (χ0v) is 15.6. The van der Waals surface area contributed by atoms with Gasteiger partial charge in [0, 0.05) is 34.7 Å². The number of hydrogen-bond donors (Lipinski definition) is 1. The summed E-state index contributed by atoms with van der Waals surface area (Å²) in [6.45, 7) is 1.22. The molecule has 1 amide bonds. The highest BCUT2D eigenvalue weighted by Crippen LogP contribution is 2.35. The average Bonchev–Trinajstić information content (AvgIpc) is 3.06. The number of thioether (sulfide) groups is 1. The van der Waals surface area contributed by atoms with Crippen LogP contribution in [-0.4, -0.2) is 30.4 Å². The van der Waals surface area contributed by atoms with Crippen LogP contribution in [0.1, 0.15) is 16.1 Å². The van der Waals surface area contributed by atoms with Crippen molar-refractivity contribution in [3.8, 4) is 11.5 Å². The Morgan fingerprint density at radius 3 is 2.85 bits per heavy atom. The zero-order valence-electron chi connectivity index (χ0n) is 14.7. The number of nitrogens with one attached hydrogen (secondary N) is 1. The van der Waals surface area contributed by atoms with E-state index in [2.05, 4.69) is 22.0 Å². The number of methoxy groups -OCH3 is 2. The molecule has 1 aliphatic rings. The van der Waals surface area contributed by atoms with E-state index in [-0.39, 0.29) is 5.91 Å². The fraction of sp³-hybridized carbons (Fsp3) is 0.250. The number of aryl methyl sites for hydroxylation is 1. The van der Waals surface area contributed by atoms with Gasteiger partial charge in [-0.25, -0.2) is 0 Å². The zero-order chi connectivity index (χ0) is 18.1. The molecule has 0 saturated carbocycles. The predicted octanol–water partition coefficient (Wildman–Crippen LogP) is 3.69. The van der Waals surface area contributed by atoms with Crippen LogP contribution in [0, 0.1) is 0 Å². The number of rotatable bonds is 5. The van der Waals surface area contributed by atoms with Crippen molar-refractivity contribution in [3.05, 3.63) is 53.7 Å². The van der Waals surface area contributed by atoms with Crippen LogP contribution in [0.2, 0.25) is 0 Å². The summed E-state index contributed by atoms with van der Waals surface area (Å²) in [6.07, 6.45) is 0. The van der Waals surface area contributed by atoms with Gasteiger partial charge in [0.05, 0.1) is 19.7 Å². The van der Waals surface area contributed by atoms with Gasteiger partial charge in [-0.2, -0.15) is 0 Å². The van der Waals surface area contributed by atoms with E-state index in [1.54, 1.807) is 14.2 Å². The van der Waals surface area contributed by atoms with Crippen LogP contribution in [0.4, 0.5) is 0 Å². The van der Waals surface area contributed by atoms with Crippen molar-refractivity contribution in [3.63, 3.8) is 0 Å². The van der Waals surface area contributed by atoms with E-state index < -0.39 is 0 Å². The van der Waals surface area contributed by atoms with E-state index in [1.807, 2.05) is 42.1 Å². The van der Waals surface area contributed by atoms with Gasteiger partial charge in [-0.1, -0.05) is 24.3 Å². The number of carbonyl (C=O) groups excluding carboxylic acids is 1. The lowest BCUT2D eigenvalue weighted by Crippen LogP contribution is -2.26. The Bertz CT molecular complexity index is 981. The molecular formula is C20H20N2O3S. The quantitative estimate of drug-likeness (QED) is 0.746. The molecule has 0 bridgehead atoms. The van der Waals surface area contributed by atoms with E-state index in [9.17, 15) is 4.79 Å². The van der Waals surface area contributed by atoms with Gasteiger partial charge in [-0.3, -0.25) is 4.79 Å². The maximum atomic E-state index is 12.8. The minimum atomic E-state index is -0.0797. The first-order valence-electron chi connectivity index (χ1n) is 8.46. The molecule has 1 aliphatic heterocycles. The summed E-state index contributed by atoms with van der Waals surface area (Å²) in [7, 11) is 3.21. The van der Waals surface area contributed by atoms with Gasteiger partial charge in [0.25, 0.3) is 5.91 Å². The third-order valence-corrected chi connectivity index (χ3v) is 5.64. The van der Waals surface area contributed by atoms with Gasteiger partial charge in [-0.15, -0.1) is 11.8 Å². The van der Waals surface area contributed by atoms with E-state index in [1.165, 1.54) is 4.90 Å². The highest BCUT2D eigenvalue weighted by molar-refractivity contribution is 7.99. The van der Waals surface area contributed by atoms with Crippen molar-refractivity contribution >= 4 is 28.6 Å². The minimum Gasteiger partial charge on any atom is -0.493 e. The molecule has 2 aromatic carbocycles. The largest absolute Gasteiger partial charge is 0.493 e. The van der Waals surface area contributed by atoms with Gasteiger partial charge in [0.2, 0.25) is 0 Å². The van der Waals surface area contributed by atoms with E-state index >= 15 is 0 Å². The summed E-state index contributed by atoms with van der Waals surface area (Å²) < 4.78 is 12.9. The predicted molar refractivity (Wildman–Crippen MR) is 103 cm³/mol. The second-order valence-corrected chi connectivity index (χ2v) is 7.20. The van der Waals surface area contributed by atoms with Crippen LogP contribution < -0.4 is 14.8 Å². The molecule has 3 aromatic rings. The molecule has 0 unspecified atom stereocenters. The number of hydrogen-bond acceptors (Lipinski definition) is 4. The van der Waals surface area contributed by atoms with E-state index in [0.717, 1.165) is 28.8 Å². The lowest BCUT2D eigenvalue weighted by molar-refractivity contribution is 0.0942. The average molecular weight is 368 g/mol. The summed E-state index contributed by atoms with van der Waals surface area (Å²) in [6, 6.07) is 13.9. The highest BCUT2D eigenvalue weighted by atomic mass is 32.2. The SMILES string of the molecule is COc1cccc(CNC(=O)c2cc3cccc4c3n2CCS4)c1OC. The van der Waals surface area contributed by atoms with Crippen LogP contribution in [-0.2, 0) is 13.1 Å². The molecule has 0 aliphatic carbocycles. The summed E-state index contributed by atoms with van der Waals surface area (Å²) in [4.78, 5) is 14.1. The molecular weight excluding hydrogens is 348 g/mol. The Labute approximate surface area is 156 Å². The lowest BCUT2D eigenvalue weighted by atomic mass is 10.2.